The van der Waals surface area contributed by atoms with Crippen molar-refractivity contribution in [2.45, 2.75) is 0 Å². The smallest absolute Gasteiger partial charge is 0.0972 e. The van der Waals surface area contributed by atoms with E-state index in [1.165, 1.54) is 10.8 Å². The van der Waals surface area contributed by atoms with Crippen molar-refractivity contribution in [1.29, 1.82) is 0 Å². The molecule has 3 heterocycles. The molecule has 3 nitrogen and oxygen atoms in total. The summed E-state index contributed by atoms with van der Waals surface area (Å²) in [5.74, 6) is 0. The van der Waals surface area contributed by atoms with Crippen LogP contribution >= 0.6 is 0 Å². The zero-order valence-corrected chi connectivity index (χ0v) is 18.3. The van der Waals surface area contributed by atoms with E-state index in [1.54, 1.807) is 0 Å². The predicted octanol–water partition coefficient (Wildman–Crippen LogP) is 7.82. The lowest BCUT2D eigenvalue weighted by molar-refractivity contribution is 1.27. The lowest BCUT2D eigenvalue weighted by Crippen LogP contribution is -1.95. The van der Waals surface area contributed by atoms with Gasteiger partial charge < -0.3 is 0 Å². The molecule has 0 saturated carbocycles. The van der Waals surface area contributed by atoms with Gasteiger partial charge in [0.2, 0.25) is 0 Å². The number of para-hydroxylation sites is 2. The lowest BCUT2D eigenvalue weighted by atomic mass is 10.0. The fourth-order valence-electron chi connectivity index (χ4n) is 4.90. The van der Waals surface area contributed by atoms with Gasteiger partial charge in [-0.25, -0.2) is 15.0 Å². The molecule has 0 radical (unpaired) electrons. The molecule has 0 aliphatic carbocycles. The van der Waals surface area contributed by atoms with E-state index >= 15 is 0 Å². The molecule has 0 atom stereocenters. The van der Waals surface area contributed by atoms with Gasteiger partial charge in [0.15, 0.2) is 0 Å². The molecule has 0 spiro atoms. The van der Waals surface area contributed by atoms with Crippen LogP contribution < -0.4 is 0 Å². The van der Waals surface area contributed by atoms with Crippen LogP contribution in [0.3, 0.4) is 0 Å². The van der Waals surface area contributed by atoms with Crippen LogP contribution in [0.25, 0.3) is 66.1 Å². The topological polar surface area (TPSA) is 38.7 Å². The Balaban J connectivity index is 1.51. The molecule has 7 rings (SSSR count). The normalized spacial score (nSPS) is 11.5. The van der Waals surface area contributed by atoms with Crippen LogP contribution in [0.15, 0.2) is 115 Å². The average molecular weight is 434 g/mol. The maximum absolute atomic E-state index is 5.10. The van der Waals surface area contributed by atoms with Crippen molar-refractivity contribution in [1.82, 2.24) is 15.0 Å². The molecule has 0 saturated heterocycles. The first-order valence-electron chi connectivity index (χ1n) is 11.4. The molecule has 3 heteroatoms. The van der Waals surface area contributed by atoms with Crippen LogP contribution in [0, 0.1) is 0 Å². The Hall–Kier alpha value is -4.63. The van der Waals surface area contributed by atoms with Gasteiger partial charge >= 0.3 is 0 Å². The highest BCUT2D eigenvalue weighted by Crippen LogP contribution is 2.34. The van der Waals surface area contributed by atoms with Crippen LogP contribution in [0.1, 0.15) is 0 Å². The zero-order chi connectivity index (χ0) is 22.5. The maximum atomic E-state index is 5.10. The van der Waals surface area contributed by atoms with Crippen LogP contribution in [0.4, 0.5) is 0 Å². The summed E-state index contributed by atoms with van der Waals surface area (Å²) in [4.78, 5) is 15.2. The van der Waals surface area contributed by atoms with Gasteiger partial charge in [0.25, 0.3) is 0 Å². The lowest BCUT2D eigenvalue weighted by Gasteiger charge is -2.12. The van der Waals surface area contributed by atoms with E-state index in [1.807, 2.05) is 24.3 Å². The van der Waals surface area contributed by atoms with Crippen LogP contribution in [-0.2, 0) is 0 Å². The molecule has 4 aromatic carbocycles. The van der Waals surface area contributed by atoms with E-state index in [0.29, 0.717) is 0 Å². The largest absolute Gasteiger partial charge is 0.245 e. The second-order valence-corrected chi connectivity index (χ2v) is 8.45. The van der Waals surface area contributed by atoms with Gasteiger partial charge in [-0.05, 0) is 35.0 Å². The molecule has 0 bridgehead atoms. The molecule has 0 amide bonds. The van der Waals surface area contributed by atoms with Crippen molar-refractivity contribution in [2.75, 3.05) is 0 Å². The van der Waals surface area contributed by atoms with Gasteiger partial charge in [-0.15, -0.1) is 0 Å². The van der Waals surface area contributed by atoms with E-state index in [2.05, 4.69) is 91.0 Å². The van der Waals surface area contributed by atoms with E-state index < -0.39 is 0 Å². The molecule has 158 valence electrons. The minimum atomic E-state index is 0.846. The highest BCUT2D eigenvalue weighted by atomic mass is 14.8. The fourth-order valence-corrected chi connectivity index (χ4v) is 4.90. The summed E-state index contributed by atoms with van der Waals surface area (Å²) in [5, 5.41) is 6.87. The molecule has 0 unspecified atom stereocenters. The molecule has 0 aliphatic heterocycles. The predicted molar refractivity (Wildman–Crippen MR) is 141 cm³/mol. The highest BCUT2D eigenvalue weighted by molar-refractivity contribution is 6.12. The Morgan fingerprint density at radius 1 is 0.294 bits per heavy atom. The number of hydrogen-bond acceptors (Lipinski definition) is 3. The van der Waals surface area contributed by atoms with Gasteiger partial charge in [-0.2, -0.15) is 0 Å². The number of rotatable bonds is 2. The Kier molecular flexibility index (Phi) is 4.15. The maximum Gasteiger partial charge on any atom is 0.0972 e. The Labute approximate surface area is 196 Å². The fraction of sp³-hybridized carbons (Fsp3) is 0. The summed E-state index contributed by atoms with van der Waals surface area (Å²) in [6.07, 6.45) is 0. The molecule has 0 aliphatic rings. The monoisotopic (exact) mass is 433 g/mol. The molecule has 34 heavy (non-hydrogen) atoms. The molecule has 7 aromatic rings. The van der Waals surface area contributed by atoms with Crippen molar-refractivity contribution in [3.63, 3.8) is 0 Å². The van der Waals surface area contributed by atoms with E-state index in [0.717, 1.165) is 55.4 Å². The Morgan fingerprint density at radius 3 is 1.15 bits per heavy atom. The number of pyridine rings is 3. The molecule has 3 aromatic heterocycles. The minimum Gasteiger partial charge on any atom is -0.245 e. The first-order valence-corrected chi connectivity index (χ1v) is 11.4. The first-order chi connectivity index (χ1) is 16.9. The van der Waals surface area contributed by atoms with Gasteiger partial charge in [0.05, 0.1) is 33.8 Å². The van der Waals surface area contributed by atoms with Gasteiger partial charge in [-0.3, -0.25) is 0 Å². The summed E-state index contributed by atoms with van der Waals surface area (Å²) in [5.41, 5.74) is 5.41. The van der Waals surface area contributed by atoms with Gasteiger partial charge in [-0.1, -0.05) is 91.0 Å². The summed E-state index contributed by atoms with van der Waals surface area (Å²) in [6, 6.07) is 39.5. The highest BCUT2D eigenvalue weighted by Gasteiger charge is 2.14. The number of hydrogen-bond donors (Lipinski definition) is 0. The Bertz CT molecular complexity index is 1740. The summed E-state index contributed by atoms with van der Waals surface area (Å²) in [7, 11) is 0. The van der Waals surface area contributed by atoms with Crippen LogP contribution in [-0.4, -0.2) is 15.0 Å². The summed E-state index contributed by atoms with van der Waals surface area (Å²) < 4.78 is 0. The second-order valence-electron chi connectivity index (χ2n) is 8.45. The van der Waals surface area contributed by atoms with Crippen molar-refractivity contribution in [2.24, 2.45) is 0 Å². The van der Waals surface area contributed by atoms with Crippen LogP contribution in [0.2, 0.25) is 0 Å². The van der Waals surface area contributed by atoms with Crippen molar-refractivity contribution in [3.8, 4) is 22.8 Å². The summed E-state index contributed by atoms with van der Waals surface area (Å²) >= 11 is 0. The third-order valence-corrected chi connectivity index (χ3v) is 6.45. The number of nitrogens with zero attached hydrogens (tertiary/aromatic N) is 3. The summed E-state index contributed by atoms with van der Waals surface area (Å²) in [6.45, 7) is 0. The second kappa shape index (κ2) is 7.46. The minimum absolute atomic E-state index is 0.846. The van der Waals surface area contributed by atoms with Crippen molar-refractivity contribution in [3.05, 3.63) is 115 Å². The number of aromatic nitrogens is 3. The number of benzene rings is 4. The van der Waals surface area contributed by atoms with E-state index in [-0.39, 0.29) is 0 Å². The molecular weight excluding hydrogens is 414 g/mol. The molecule has 0 N–H and O–H groups in total. The SMILES string of the molecule is c1cc(-c2nc3ccccc3c3ccccc23)nc(-c2nc3ccccc3c3ccccc23)c1. The Morgan fingerprint density at radius 2 is 0.676 bits per heavy atom. The van der Waals surface area contributed by atoms with Crippen molar-refractivity contribution < 1.29 is 0 Å². The van der Waals surface area contributed by atoms with Crippen molar-refractivity contribution >= 4 is 43.4 Å². The van der Waals surface area contributed by atoms with E-state index in [9.17, 15) is 0 Å². The standard InChI is InChI=1S/C31H19N3/c1-3-14-24-20(10-1)22-12-5-7-16-26(22)33-30(24)28-18-9-19-29(32-28)31-25-15-4-2-11-21(25)23-13-6-8-17-27(23)34-31/h1-19H. The number of fused-ring (bicyclic) bond motifs is 6. The molecule has 0 fully saturated rings. The molecular formula is C31H19N3. The zero-order valence-electron chi connectivity index (χ0n) is 18.3. The average Bonchev–Trinajstić information content (AvgIpc) is 2.92. The first kappa shape index (κ1) is 18.9. The third kappa shape index (κ3) is 2.87. The third-order valence-electron chi connectivity index (χ3n) is 6.45. The van der Waals surface area contributed by atoms with Gasteiger partial charge in [0, 0.05) is 21.5 Å². The van der Waals surface area contributed by atoms with Crippen LogP contribution in [0.5, 0.6) is 0 Å². The van der Waals surface area contributed by atoms with Gasteiger partial charge in [0.1, 0.15) is 0 Å². The quantitative estimate of drug-likeness (QED) is 0.261. The van der Waals surface area contributed by atoms with E-state index in [4.69, 9.17) is 15.0 Å².